The number of hydrogen-bond donors (Lipinski definition) is 3. The molecule has 4 amide bonds. The molecule has 2 aromatic rings. The van der Waals surface area contributed by atoms with Gasteiger partial charge in [0.2, 0.25) is 5.91 Å². The molecule has 1 saturated heterocycles. The predicted molar refractivity (Wildman–Crippen MR) is 150 cm³/mol. The molecular formula is C27H35BrN6O4. The molecule has 0 bridgehead atoms. The van der Waals surface area contributed by atoms with Gasteiger partial charge in [0.15, 0.2) is 0 Å². The molecule has 1 fully saturated rings. The highest BCUT2D eigenvalue weighted by Crippen LogP contribution is 2.28. The lowest BCUT2D eigenvalue weighted by molar-refractivity contribution is -0.131. The van der Waals surface area contributed by atoms with Crippen LogP contribution in [0.25, 0.3) is 0 Å². The average Bonchev–Trinajstić information content (AvgIpc) is 3.06. The van der Waals surface area contributed by atoms with Crippen LogP contribution in [0.5, 0.6) is 5.75 Å². The molecule has 0 unspecified atom stereocenters. The van der Waals surface area contributed by atoms with E-state index >= 15 is 0 Å². The van der Waals surface area contributed by atoms with E-state index in [-0.39, 0.29) is 30.4 Å². The highest BCUT2D eigenvalue weighted by molar-refractivity contribution is 9.10. The zero-order chi connectivity index (χ0) is 27.4. The smallest absolute Gasteiger partial charge is 0.322 e. The van der Waals surface area contributed by atoms with Gasteiger partial charge >= 0.3 is 6.03 Å². The number of amides is 4. The van der Waals surface area contributed by atoms with Gasteiger partial charge in [0.1, 0.15) is 5.75 Å². The standard InChI is InChI=1S/C27H35BrN6O4/c1-32(2)16-19-12-18(14-22(28)25(19)29)26(36)30-15-24(35)33-9-7-20(8-10-33)34-11-6-17-13-21(38-3)4-5-23(17)31-27(34)37/h4-5,12-14,20H,6-11,15-16,29H2,1-3H3,(H,30,36)(H,31,37). The fourth-order valence-corrected chi connectivity index (χ4v) is 5.48. The zero-order valence-electron chi connectivity index (χ0n) is 22.1. The Balaban J connectivity index is 1.29. The van der Waals surface area contributed by atoms with Crippen LogP contribution in [-0.4, -0.2) is 86.0 Å². The van der Waals surface area contributed by atoms with Crippen molar-refractivity contribution in [2.24, 2.45) is 0 Å². The predicted octanol–water partition coefficient (Wildman–Crippen LogP) is 2.91. The number of fused-ring (bicyclic) bond motifs is 1. The number of nitrogens with one attached hydrogen (secondary N) is 2. The van der Waals surface area contributed by atoms with E-state index in [4.69, 9.17) is 10.5 Å². The molecule has 0 aromatic heterocycles. The summed E-state index contributed by atoms with van der Waals surface area (Å²) in [6.07, 6.45) is 2.10. The monoisotopic (exact) mass is 586 g/mol. The first kappa shape index (κ1) is 27.7. The van der Waals surface area contributed by atoms with E-state index in [2.05, 4.69) is 26.6 Å². The van der Waals surface area contributed by atoms with Crippen LogP contribution in [0.1, 0.15) is 34.3 Å². The molecule has 11 heteroatoms. The summed E-state index contributed by atoms with van der Waals surface area (Å²) in [5, 5.41) is 5.76. The van der Waals surface area contributed by atoms with Gasteiger partial charge in [-0.3, -0.25) is 9.59 Å². The minimum absolute atomic E-state index is 0.0482. The molecule has 0 atom stereocenters. The maximum absolute atomic E-state index is 12.9. The Morgan fingerprint density at radius 2 is 1.92 bits per heavy atom. The second-order valence-electron chi connectivity index (χ2n) is 9.96. The number of methoxy groups -OCH3 is 1. The molecule has 38 heavy (non-hydrogen) atoms. The average molecular weight is 588 g/mol. The number of piperidine rings is 1. The quantitative estimate of drug-likeness (QED) is 0.429. The number of anilines is 2. The molecule has 0 saturated carbocycles. The normalized spacial score (nSPS) is 16.1. The number of likely N-dealkylation sites (tertiary alicyclic amines) is 1. The van der Waals surface area contributed by atoms with Gasteiger partial charge in [0.25, 0.3) is 5.91 Å². The SMILES string of the molecule is COc1ccc2c(c1)CCN(C1CCN(C(=O)CNC(=O)c3cc(Br)c(N)c(CN(C)C)c3)CC1)C(=O)N2. The number of carbonyl (C=O) groups excluding carboxylic acids is 3. The maximum Gasteiger partial charge on any atom is 0.322 e. The Morgan fingerprint density at radius 1 is 1.18 bits per heavy atom. The van der Waals surface area contributed by atoms with E-state index < -0.39 is 0 Å². The van der Waals surface area contributed by atoms with E-state index in [0.717, 1.165) is 29.0 Å². The van der Waals surface area contributed by atoms with Crippen LogP contribution in [0.2, 0.25) is 0 Å². The molecule has 4 N–H and O–H groups in total. The third kappa shape index (κ3) is 6.39. The second-order valence-corrected chi connectivity index (χ2v) is 10.8. The molecule has 0 aliphatic carbocycles. The summed E-state index contributed by atoms with van der Waals surface area (Å²) in [6, 6.07) is 9.03. The summed E-state index contributed by atoms with van der Waals surface area (Å²) in [7, 11) is 5.48. The number of benzene rings is 2. The summed E-state index contributed by atoms with van der Waals surface area (Å²) in [5.41, 5.74) is 9.87. The van der Waals surface area contributed by atoms with Gasteiger partial charge in [0, 0.05) is 47.9 Å². The third-order valence-electron chi connectivity index (χ3n) is 7.06. The van der Waals surface area contributed by atoms with Gasteiger partial charge in [0.05, 0.1) is 19.3 Å². The summed E-state index contributed by atoms with van der Waals surface area (Å²) < 4.78 is 5.96. The number of ether oxygens (including phenoxy) is 1. The fraction of sp³-hybridized carbons (Fsp3) is 0.444. The summed E-state index contributed by atoms with van der Waals surface area (Å²) in [6.45, 7) is 2.17. The summed E-state index contributed by atoms with van der Waals surface area (Å²) >= 11 is 3.42. The van der Waals surface area contributed by atoms with Crippen molar-refractivity contribution in [2.75, 3.05) is 58.4 Å². The molecule has 2 aliphatic rings. The number of halogens is 1. The molecule has 2 aliphatic heterocycles. The number of nitrogens with zero attached hydrogens (tertiary/aromatic N) is 3. The van der Waals surface area contributed by atoms with Crippen molar-refractivity contribution in [3.05, 3.63) is 51.5 Å². The number of nitrogen functional groups attached to an aromatic ring is 1. The molecule has 0 radical (unpaired) electrons. The molecule has 2 aromatic carbocycles. The lowest BCUT2D eigenvalue weighted by atomic mass is 10.0. The van der Waals surface area contributed by atoms with Gasteiger partial charge in [-0.2, -0.15) is 0 Å². The van der Waals surface area contributed by atoms with E-state index in [0.29, 0.717) is 54.7 Å². The fourth-order valence-electron chi connectivity index (χ4n) is 4.98. The van der Waals surface area contributed by atoms with Crippen LogP contribution < -0.4 is 21.1 Å². The number of carbonyl (C=O) groups is 3. The summed E-state index contributed by atoms with van der Waals surface area (Å²) in [4.78, 5) is 44.2. The van der Waals surface area contributed by atoms with Gasteiger partial charge in [-0.1, -0.05) is 0 Å². The first-order chi connectivity index (χ1) is 18.2. The lowest BCUT2D eigenvalue weighted by Gasteiger charge is -2.38. The van der Waals surface area contributed by atoms with Gasteiger partial charge in [-0.25, -0.2) is 4.79 Å². The Morgan fingerprint density at radius 3 is 2.61 bits per heavy atom. The van der Waals surface area contributed by atoms with Crippen molar-refractivity contribution in [1.29, 1.82) is 0 Å². The molecule has 2 heterocycles. The van der Waals surface area contributed by atoms with Crippen LogP contribution in [0.3, 0.4) is 0 Å². The number of urea groups is 1. The van der Waals surface area contributed by atoms with E-state index in [1.807, 2.05) is 42.1 Å². The first-order valence-electron chi connectivity index (χ1n) is 12.7. The topological polar surface area (TPSA) is 120 Å². The minimum atomic E-state index is -0.327. The number of hydrogen-bond acceptors (Lipinski definition) is 6. The van der Waals surface area contributed by atoms with Crippen LogP contribution in [0.4, 0.5) is 16.2 Å². The largest absolute Gasteiger partial charge is 0.497 e. The Labute approximate surface area is 231 Å². The van der Waals surface area contributed by atoms with Crippen LogP contribution in [0, 0.1) is 0 Å². The lowest BCUT2D eigenvalue weighted by Crippen LogP contribution is -2.51. The third-order valence-corrected chi connectivity index (χ3v) is 7.72. The Hall–Kier alpha value is -3.31. The van der Waals surface area contributed by atoms with E-state index in [9.17, 15) is 14.4 Å². The molecular weight excluding hydrogens is 552 g/mol. The molecule has 204 valence electrons. The van der Waals surface area contributed by atoms with Crippen molar-refractivity contribution >= 4 is 45.2 Å². The van der Waals surface area contributed by atoms with E-state index in [1.54, 1.807) is 24.1 Å². The van der Waals surface area contributed by atoms with Crippen LogP contribution >= 0.6 is 15.9 Å². The zero-order valence-corrected chi connectivity index (χ0v) is 23.6. The minimum Gasteiger partial charge on any atom is -0.497 e. The highest BCUT2D eigenvalue weighted by Gasteiger charge is 2.31. The highest BCUT2D eigenvalue weighted by atomic mass is 79.9. The molecule has 10 nitrogen and oxygen atoms in total. The number of nitrogens with two attached hydrogens (primary N) is 1. The van der Waals surface area contributed by atoms with Gasteiger partial charge in [-0.15, -0.1) is 0 Å². The second kappa shape index (κ2) is 12.0. The van der Waals surface area contributed by atoms with Crippen molar-refractivity contribution < 1.29 is 19.1 Å². The van der Waals surface area contributed by atoms with Crippen LogP contribution in [-0.2, 0) is 17.8 Å². The number of rotatable bonds is 7. The van der Waals surface area contributed by atoms with Crippen molar-refractivity contribution in [1.82, 2.24) is 20.0 Å². The Kier molecular flexibility index (Phi) is 8.78. The molecule has 0 spiro atoms. The maximum atomic E-state index is 12.9. The van der Waals surface area contributed by atoms with Crippen LogP contribution in [0.15, 0.2) is 34.8 Å². The van der Waals surface area contributed by atoms with Crippen molar-refractivity contribution in [3.8, 4) is 5.75 Å². The van der Waals surface area contributed by atoms with E-state index in [1.165, 1.54) is 0 Å². The molecule has 4 rings (SSSR count). The summed E-state index contributed by atoms with van der Waals surface area (Å²) in [5.74, 6) is 0.300. The first-order valence-corrected chi connectivity index (χ1v) is 13.5. The van der Waals surface area contributed by atoms with Gasteiger partial charge in [-0.05, 0) is 90.7 Å². The van der Waals surface area contributed by atoms with Crippen molar-refractivity contribution in [2.45, 2.75) is 31.8 Å². The van der Waals surface area contributed by atoms with Gasteiger partial charge < -0.3 is 35.8 Å². The Bertz CT molecular complexity index is 1210. The van der Waals surface area contributed by atoms with Crippen molar-refractivity contribution in [3.63, 3.8) is 0 Å².